The van der Waals surface area contributed by atoms with E-state index in [4.69, 9.17) is 0 Å². The summed E-state index contributed by atoms with van der Waals surface area (Å²) in [6.07, 6.45) is 6.32. The maximum atomic E-state index is 12.0. The molecule has 0 heterocycles. The van der Waals surface area contributed by atoms with Gasteiger partial charge in [0, 0.05) is 19.6 Å². The number of hydrogen-bond donors (Lipinski definition) is 2. The molecule has 1 aliphatic rings. The quantitative estimate of drug-likeness (QED) is 0.665. The smallest absolute Gasteiger partial charge is 0.279 e. The minimum Gasteiger partial charge on any atom is -0.320 e. The highest BCUT2D eigenvalue weighted by atomic mass is 32.2. The van der Waals surface area contributed by atoms with Crippen LogP contribution in [0, 0.1) is 0 Å². The molecule has 6 heteroatoms. The Morgan fingerprint density at radius 3 is 2.41 bits per heavy atom. The first-order valence-electron chi connectivity index (χ1n) is 6.45. The van der Waals surface area contributed by atoms with Crippen LogP contribution in [0.2, 0.25) is 0 Å². The summed E-state index contributed by atoms with van der Waals surface area (Å²) < 4.78 is 28.1. The van der Waals surface area contributed by atoms with Crippen molar-refractivity contribution in [3.63, 3.8) is 0 Å². The minimum atomic E-state index is -3.28. The highest BCUT2D eigenvalue weighted by Gasteiger charge is 2.26. The third-order valence-electron chi connectivity index (χ3n) is 3.36. The summed E-state index contributed by atoms with van der Waals surface area (Å²) in [6.45, 7) is 1.33. The van der Waals surface area contributed by atoms with Crippen LogP contribution in [0.25, 0.3) is 0 Å². The fourth-order valence-electron chi connectivity index (χ4n) is 2.21. The van der Waals surface area contributed by atoms with Crippen LogP contribution in [0.4, 0.5) is 0 Å². The Labute approximate surface area is 105 Å². The Morgan fingerprint density at radius 2 is 1.82 bits per heavy atom. The number of nitrogens with one attached hydrogen (secondary N) is 2. The molecule has 0 spiro atoms. The Hall–Kier alpha value is -0.170. The molecule has 1 rings (SSSR count). The average molecular weight is 263 g/mol. The van der Waals surface area contributed by atoms with Crippen LogP contribution in [0.5, 0.6) is 0 Å². The van der Waals surface area contributed by atoms with E-state index in [2.05, 4.69) is 10.0 Å². The van der Waals surface area contributed by atoms with Gasteiger partial charge >= 0.3 is 0 Å². The Balaban J connectivity index is 2.39. The Bertz CT molecular complexity index is 300. The van der Waals surface area contributed by atoms with E-state index < -0.39 is 10.2 Å². The first-order chi connectivity index (χ1) is 8.08. The average Bonchev–Trinajstić information content (AvgIpc) is 2.35. The minimum absolute atomic E-state index is 0.186. The van der Waals surface area contributed by atoms with Crippen molar-refractivity contribution in [3.05, 3.63) is 0 Å². The fraction of sp³-hybridized carbons (Fsp3) is 1.00. The van der Waals surface area contributed by atoms with Crippen molar-refractivity contribution in [2.45, 2.75) is 44.6 Å². The van der Waals surface area contributed by atoms with Gasteiger partial charge in [0.05, 0.1) is 0 Å². The van der Waals surface area contributed by atoms with Crippen molar-refractivity contribution in [3.8, 4) is 0 Å². The van der Waals surface area contributed by atoms with Crippen molar-refractivity contribution >= 4 is 10.2 Å². The second-order valence-electron chi connectivity index (χ2n) is 4.66. The lowest BCUT2D eigenvalue weighted by Gasteiger charge is -2.30. The molecule has 2 N–H and O–H groups in total. The maximum Gasteiger partial charge on any atom is 0.279 e. The molecule has 0 aromatic heterocycles. The molecule has 0 aromatic carbocycles. The zero-order valence-corrected chi connectivity index (χ0v) is 11.7. The first kappa shape index (κ1) is 14.9. The number of rotatable bonds is 7. The van der Waals surface area contributed by atoms with E-state index in [-0.39, 0.29) is 6.04 Å². The normalized spacial score (nSPS) is 18.8. The van der Waals surface area contributed by atoms with E-state index in [1.807, 2.05) is 7.05 Å². The van der Waals surface area contributed by atoms with Crippen molar-refractivity contribution in [1.82, 2.24) is 14.3 Å². The van der Waals surface area contributed by atoms with Gasteiger partial charge in [-0.15, -0.1) is 0 Å². The van der Waals surface area contributed by atoms with Gasteiger partial charge in [-0.25, -0.2) is 4.72 Å². The third kappa shape index (κ3) is 4.91. The molecule has 0 atom stereocenters. The summed E-state index contributed by atoms with van der Waals surface area (Å²) in [5.74, 6) is 0. The van der Waals surface area contributed by atoms with Crippen LogP contribution in [-0.4, -0.2) is 45.9 Å². The number of hydrogen-bond acceptors (Lipinski definition) is 3. The molecule has 5 nitrogen and oxygen atoms in total. The van der Waals surface area contributed by atoms with E-state index in [0.717, 1.165) is 38.6 Å². The van der Waals surface area contributed by atoms with Gasteiger partial charge in [0.25, 0.3) is 10.2 Å². The fourth-order valence-corrected chi connectivity index (χ4v) is 3.42. The monoisotopic (exact) mass is 263 g/mol. The molecule has 102 valence electrons. The highest BCUT2D eigenvalue weighted by molar-refractivity contribution is 7.87. The van der Waals surface area contributed by atoms with Crippen LogP contribution in [0.3, 0.4) is 0 Å². The predicted molar refractivity (Wildman–Crippen MR) is 70.1 cm³/mol. The number of nitrogens with zero attached hydrogens (tertiary/aromatic N) is 1. The molecule has 0 aromatic rings. The van der Waals surface area contributed by atoms with Gasteiger partial charge in [-0.1, -0.05) is 19.3 Å². The van der Waals surface area contributed by atoms with Crippen molar-refractivity contribution < 1.29 is 8.42 Å². The molecule has 0 bridgehead atoms. The van der Waals surface area contributed by atoms with Gasteiger partial charge in [0.15, 0.2) is 0 Å². The molecular weight excluding hydrogens is 238 g/mol. The van der Waals surface area contributed by atoms with Crippen molar-refractivity contribution in [1.29, 1.82) is 0 Å². The van der Waals surface area contributed by atoms with Crippen molar-refractivity contribution in [2.75, 3.05) is 27.2 Å². The molecule has 0 saturated heterocycles. The maximum absolute atomic E-state index is 12.0. The first-order valence-corrected chi connectivity index (χ1v) is 7.89. The molecule has 1 saturated carbocycles. The highest BCUT2D eigenvalue weighted by Crippen LogP contribution is 2.22. The summed E-state index contributed by atoms with van der Waals surface area (Å²) in [4.78, 5) is 0. The Kier molecular flexibility index (Phi) is 6.40. The van der Waals surface area contributed by atoms with Gasteiger partial charge < -0.3 is 5.32 Å². The SMILES string of the molecule is CNCCCNS(=O)(=O)N(C)C1CCCCC1. The topological polar surface area (TPSA) is 61.4 Å². The van der Waals surface area contributed by atoms with Gasteiger partial charge in [-0.2, -0.15) is 12.7 Å². The van der Waals surface area contributed by atoms with Crippen LogP contribution < -0.4 is 10.0 Å². The van der Waals surface area contributed by atoms with E-state index in [1.54, 1.807) is 7.05 Å². The molecule has 0 radical (unpaired) electrons. The van der Waals surface area contributed by atoms with Gasteiger partial charge in [0.2, 0.25) is 0 Å². The molecule has 17 heavy (non-hydrogen) atoms. The van der Waals surface area contributed by atoms with Gasteiger partial charge in [-0.3, -0.25) is 0 Å². The van der Waals surface area contributed by atoms with Gasteiger partial charge in [-0.05, 0) is 32.9 Å². The summed E-state index contributed by atoms with van der Waals surface area (Å²) in [5, 5.41) is 3.00. The van der Waals surface area contributed by atoms with Crippen LogP contribution in [0.15, 0.2) is 0 Å². The lowest BCUT2D eigenvalue weighted by atomic mass is 9.96. The lowest BCUT2D eigenvalue weighted by molar-refractivity contribution is 0.283. The molecule has 1 fully saturated rings. The van der Waals surface area contributed by atoms with E-state index in [9.17, 15) is 8.42 Å². The Morgan fingerprint density at radius 1 is 1.18 bits per heavy atom. The summed E-state index contributed by atoms with van der Waals surface area (Å²) >= 11 is 0. The van der Waals surface area contributed by atoms with Crippen LogP contribution >= 0.6 is 0 Å². The van der Waals surface area contributed by atoms with Crippen LogP contribution in [-0.2, 0) is 10.2 Å². The molecular formula is C11H25N3O2S. The molecule has 0 unspecified atom stereocenters. The molecule has 1 aliphatic carbocycles. The van der Waals surface area contributed by atoms with E-state index in [1.165, 1.54) is 10.7 Å². The largest absolute Gasteiger partial charge is 0.320 e. The summed E-state index contributed by atoms with van der Waals surface area (Å²) in [6, 6.07) is 0.186. The predicted octanol–water partition coefficient (Wildman–Crippen LogP) is 0.695. The van der Waals surface area contributed by atoms with E-state index >= 15 is 0 Å². The third-order valence-corrected chi connectivity index (χ3v) is 4.98. The van der Waals surface area contributed by atoms with E-state index in [0.29, 0.717) is 6.54 Å². The van der Waals surface area contributed by atoms with Crippen molar-refractivity contribution in [2.24, 2.45) is 0 Å². The zero-order chi connectivity index (χ0) is 12.7. The molecule has 0 aliphatic heterocycles. The van der Waals surface area contributed by atoms with Crippen LogP contribution in [0.1, 0.15) is 38.5 Å². The second-order valence-corrected chi connectivity index (χ2v) is 6.48. The standard InChI is InChI=1S/C11H25N3O2S/c1-12-9-6-10-13-17(15,16)14(2)11-7-4-3-5-8-11/h11-13H,3-10H2,1-2H3. The zero-order valence-electron chi connectivity index (χ0n) is 10.9. The summed E-state index contributed by atoms with van der Waals surface area (Å²) in [7, 11) is 0.270. The second kappa shape index (κ2) is 7.31. The lowest BCUT2D eigenvalue weighted by Crippen LogP contribution is -2.45. The van der Waals surface area contributed by atoms with Gasteiger partial charge in [0.1, 0.15) is 0 Å². The molecule has 0 amide bonds. The summed E-state index contributed by atoms with van der Waals surface area (Å²) in [5.41, 5.74) is 0.